The number of fused-ring (bicyclic) bond motifs is 2. The molecular weight excluding hydrogens is 330 g/mol. The van der Waals surface area contributed by atoms with Gasteiger partial charge in [0.2, 0.25) is 6.79 Å². The van der Waals surface area contributed by atoms with Crippen molar-refractivity contribution in [1.82, 2.24) is 24.3 Å². The molecule has 26 heavy (non-hydrogen) atoms. The van der Waals surface area contributed by atoms with Crippen LogP contribution in [0.2, 0.25) is 0 Å². The highest BCUT2D eigenvalue weighted by Gasteiger charge is 2.20. The minimum absolute atomic E-state index is 0.284. The van der Waals surface area contributed by atoms with Crippen molar-refractivity contribution in [3.05, 3.63) is 53.6 Å². The lowest BCUT2D eigenvalue weighted by molar-refractivity contribution is 0.174. The van der Waals surface area contributed by atoms with Crippen LogP contribution in [0.5, 0.6) is 11.5 Å². The van der Waals surface area contributed by atoms with Crippen LogP contribution in [0.3, 0.4) is 0 Å². The first-order valence-electron chi connectivity index (χ1n) is 9.08. The molecule has 0 saturated carbocycles. The Labute approximate surface area is 151 Å². The van der Waals surface area contributed by atoms with Crippen LogP contribution in [-0.2, 0) is 25.9 Å². The van der Waals surface area contributed by atoms with Gasteiger partial charge in [-0.2, -0.15) is 0 Å². The van der Waals surface area contributed by atoms with Crippen LogP contribution in [0, 0.1) is 0 Å². The van der Waals surface area contributed by atoms with Crippen molar-refractivity contribution in [2.24, 2.45) is 0 Å². The van der Waals surface area contributed by atoms with Crippen molar-refractivity contribution < 1.29 is 9.47 Å². The van der Waals surface area contributed by atoms with E-state index in [1.807, 2.05) is 18.5 Å². The smallest absolute Gasteiger partial charge is 0.231 e. The quantitative estimate of drug-likeness (QED) is 0.707. The molecule has 0 fully saturated rings. The number of hydrogen-bond donors (Lipinski definition) is 0. The fraction of sp³-hybridized carbons (Fsp3) is 0.421. The molecule has 2 aromatic heterocycles. The van der Waals surface area contributed by atoms with Gasteiger partial charge < -0.3 is 18.6 Å². The first-order valence-corrected chi connectivity index (χ1v) is 9.08. The summed E-state index contributed by atoms with van der Waals surface area (Å²) in [5.74, 6) is 5.13. The number of hydrogen-bond acceptors (Lipinski definition) is 5. The van der Waals surface area contributed by atoms with E-state index in [2.05, 4.69) is 43.4 Å². The minimum Gasteiger partial charge on any atom is -0.454 e. The molecule has 0 unspecified atom stereocenters. The van der Waals surface area contributed by atoms with Gasteiger partial charge in [-0.05, 0) is 30.5 Å². The molecule has 7 nitrogen and oxygen atoms in total. The zero-order chi connectivity index (χ0) is 17.5. The lowest BCUT2D eigenvalue weighted by Crippen LogP contribution is -2.13. The van der Waals surface area contributed by atoms with Crippen LogP contribution < -0.4 is 9.47 Å². The van der Waals surface area contributed by atoms with Crippen LogP contribution in [0.25, 0.3) is 0 Å². The van der Waals surface area contributed by atoms with E-state index >= 15 is 0 Å². The standard InChI is InChI=1S/C19H21N5O2/c1-13(9-14-4-5-15-16(10-14)26-12-25-15)19-20-6-8-23(19)11-18-22-21-17-3-2-7-24(17)18/h4-6,8,10,13H,2-3,7,9,11-12H2,1H3/t13-/m0/s1. The Bertz CT molecular complexity index is 945. The van der Waals surface area contributed by atoms with E-state index in [4.69, 9.17) is 9.47 Å². The molecular formula is C19H21N5O2. The highest BCUT2D eigenvalue weighted by atomic mass is 16.7. The van der Waals surface area contributed by atoms with Gasteiger partial charge in [0.1, 0.15) is 11.6 Å². The Morgan fingerprint density at radius 2 is 2.12 bits per heavy atom. The van der Waals surface area contributed by atoms with Crippen LogP contribution in [0.4, 0.5) is 0 Å². The van der Waals surface area contributed by atoms with E-state index < -0.39 is 0 Å². The Morgan fingerprint density at radius 1 is 1.19 bits per heavy atom. The number of imidazole rings is 1. The molecule has 134 valence electrons. The topological polar surface area (TPSA) is 67.0 Å². The summed E-state index contributed by atoms with van der Waals surface area (Å²) in [5, 5.41) is 8.68. The SMILES string of the molecule is C[C@@H](Cc1ccc2c(c1)OCO2)c1nccn1Cc1nnc2n1CCC2. The van der Waals surface area contributed by atoms with E-state index in [0.29, 0.717) is 13.3 Å². The third-order valence-electron chi connectivity index (χ3n) is 5.17. The highest BCUT2D eigenvalue weighted by Crippen LogP contribution is 2.33. The Hall–Kier alpha value is -2.83. The lowest BCUT2D eigenvalue weighted by atomic mass is 10.00. The van der Waals surface area contributed by atoms with Gasteiger partial charge in [-0.1, -0.05) is 13.0 Å². The zero-order valence-electron chi connectivity index (χ0n) is 14.8. The van der Waals surface area contributed by atoms with E-state index in [1.165, 1.54) is 5.56 Å². The molecule has 0 amide bonds. The summed E-state index contributed by atoms with van der Waals surface area (Å²) in [6.45, 7) is 4.25. The average Bonchev–Trinajstić information content (AvgIpc) is 3.40. The summed E-state index contributed by atoms with van der Waals surface area (Å²) < 4.78 is 15.3. The second-order valence-electron chi connectivity index (χ2n) is 6.99. The number of nitrogens with zero attached hydrogens (tertiary/aromatic N) is 5. The van der Waals surface area contributed by atoms with Gasteiger partial charge in [-0.15, -0.1) is 10.2 Å². The zero-order valence-corrected chi connectivity index (χ0v) is 14.8. The Morgan fingerprint density at radius 3 is 3.08 bits per heavy atom. The third kappa shape index (κ3) is 2.64. The maximum Gasteiger partial charge on any atom is 0.231 e. The van der Waals surface area contributed by atoms with Gasteiger partial charge in [0, 0.05) is 31.3 Å². The maximum atomic E-state index is 5.49. The van der Waals surface area contributed by atoms with Crippen LogP contribution in [0.15, 0.2) is 30.6 Å². The van der Waals surface area contributed by atoms with E-state index in [0.717, 1.165) is 54.8 Å². The number of ether oxygens (including phenoxy) is 2. The summed E-state index contributed by atoms with van der Waals surface area (Å²) in [4.78, 5) is 4.61. The molecule has 0 saturated heterocycles. The molecule has 0 N–H and O–H groups in total. The summed E-state index contributed by atoms with van der Waals surface area (Å²) in [6.07, 6.45) is 6.99. The fourth-order valence-corrected chi connectivity index (χ4v) is 3.88. The third-order valence-corrected chi connectivity index (χ3v) is 5.17. The molecule has 0 spiro atoms. The number of aromatic nitrogens is 5. The fourth-order valence-electron chi connectivity index (χ4n) is 3.88. The van der Waals surface area contributed by atoms with Crippen molar-refractivity contribution in [1.29, 1.82) is 0 Å². The van der Waals surface area contributed by atoms with E-state index in [1.54, 1.807) is 0 Å². The Balaban J connectivity index is 1.35. The van der Waals surface area contributed by atoms with Crippen molar-refractivity contribution in [3.8, 4) is 11.5 Å². The summed E-state index contributed by atoms with van der Waals surface area (Å²) in [7, 11) is 0. The van der Waals surface area contributed by atoms with Gasteiger partial charge in [-0.25, -0.2) is 4.98 Å². The minimum atomic E-state index is 0.284. The molecule has 1 aromatic carbocycles. The van der Waals surface area contributed by atoms with Crippen LogP contribution in [-0.4, -0.2) is 31.1 Å². The second-order valence-corrected chi connectivity index (χ2v) is 6.99. The van der Waals surface area contributed by atoms with Crippen LogP contribution >= 0.6 is 0 Å². The monoisotopic (exact) mass is 351 g/mol. The summed E-state index contributed by atoms with van der Waals surface area (Å²) >= 11 is 0. The molecule has 1 atom stereocenters. The Kier molecular flexibility index (Phi) is 3.65. The molecule has 0 radical (unpaired) electrons. The van der Waals surface area contributed by atoms with Crippen LogP contribution in [0.1, 0.15) is 42.3 Å². The first-order chi connectivity index (χ1) is 12.8. The molecule has 7 heteroatoms. The maximum absolute atomic E-state index is 5.49. The normalized spacial score (nSPS) is 16.0. The largest absolute Gasteiger partial charge is 0.454 e. The summed E-state index contributed by atoms with van der Waals surface area (Å²) in [6, 6.07) is 6.15. The van der Waals surface area contributed by atoms with Crippen molar-refractivity contribution in [2.75, 3.05) is 6.79 Å². The van der Waals surface area contributed by atoms with Crippen molar-refractivity contribution >= 4 is 0 Å². The number of aryl methyl sites for hydroxylation is 1. The van der Waals surface area contributed by atoms with Crippen molar-refractivity contribution in [2.45, 2.75) is 45.2 Å². The number of benzene rings is 1. The molecule has 0 aliphatic carbocycles. The van der Waals surface area contributed by atoms with E-state index in [9.17, 15) is 0 Å². The number of rotatable bonds is 5. The van der Waals surface area contributed by atoms with Gasteiger partial charge in [0.15, 0.2) is 17.3 Å². The van der Waals surface area contributed by atoms with Crippen molar-refractivity contribution in [3.63, 3.8) is 0 Å². The summed E-state index contributed by atoms with van der Waals surface area (Å²) in [5.41, 5.74) is 1.22. The predicted molar refractivity (Wildman–Crippen MR) is 94.4 cm³/mol. The van der Waals surface area contributed by atoms with Gasteiger partial charge in [-0.3, -0.25) is 0 Å². The lowest BCUT2D eigenvalue weighted by Gasteiger charge is -2.14. The molecule has 4 heterocycles. The average molecular weight is 351 g/mol. The van der Waals surface area contributed by atoms with Gasteiger partial charge >= 0.3 is 0 Å². The van der Waals surface area contributed by atoms with Gasteiger partial charge in [0.25, 0.3) is 0 Å². The van der Waals surface area contributed by atoms with Gasteiger partial charge in [0.05, 0.1) is 6.54 Å². The first kappa shape index (κ1) is 15.4. The molecule has 2 aliphatic rings. The second kappa shape index (κ2) is 6.16. The van der Waals surface area contributed by atoms with E-state index in [-0.39, 0.29) is 5.92 Å². The highest BCUT2D eigenvalue weighted by molar-refractivity contribution is 5.44. The molecule has 3 aromatic rings. The predicted octanol–water partition coefficient (Wildman–Crippen LogP) is 2.54. The molecule has 0 bridgehead atoms. The molecule has 2 aliphatic heterocycles. The molecule has 5 rings (SSSR count).